The zero-order valence-electron chi connectivity index (χ0n) is 12.7. The first-order valence-electron chi connectivity index (χ1n) is 7.26. The maximum absolute atomic E-state index is 13.1. The number of H-pyrrole nitrogens is 1. The summed E-state index contributed by atoms with van der Waals surface area (Å²) in [5.41, 5.74) is -1.13. The first-order chi connectivity index (χ1) is 11.9. The van der Waals surface area contributed by atoms with Gasteiger partial charge in [-0.05, 0) is 29.3 Å². The van der Waals surface area contributed by atoms with Gasteiger partial charge in [-0.1, -0.05) is 18.2 Å². The van der Waals surface area contributed by atoms with E-state index in [9.17, 15) is 22.8 Å². The minimum Gasteiger partial charge on any atom is -0.311 e. The maximum Gasteiger partial charge on any atom is 0.416 e. The van der Waals surface area contributed by atoms with E-state index < -0.39 is 22.9 Å². The molecule has 1 N–H and O–H groups in total. The van der Waals surface area contributed by atoms with E-state index in [0.29, 0.717) is 5.56 Å². The molecule has 0 radical (unpaired) electrons. The number of hydrogen-bond donors (Lipinski definition) is 1. The Labute approximate surface area is 139 Å². The van der Waals surface area contributed by atoms with Crippen LogP contribution >= 0.6 is 0 Å². The molecule has 0 saturated carbocycles. The molecular formula is C17H12F3N3O2. The highest BCUT2D eigenvalue weighted by molar-refractivity contribution is 5.60. The van der Waals surface area contributed by atoms with Crippen molar-refractivity contribution in [2.45, 2.75) is 12.7 Å². The number of pyridine rings is 1. The van der Waals surface area contributed by atoms with Crippen molar-refractivity contribution < 1.29 is 13.2 Å². The van der Waals surface area contributed by atoms with E-state index in [-0.39, 0.29) is 17.7 Å². The lowest BCUT2D eigenvalue weighted by Crippen LogP contribution is -2.22. The third-order valence-electron chi connectivity index (χ3n) is 3.70. The summed E-state index contributed by atoms with van der Waals surface area (Å²) in [4.78, 5) is 24.0. The van der Waals surface area contributed by atoms with Crippen molar-refractivity contribution in [3.63, 3.8) is 0 Å². The van der Waals surface area contributed by atoms with Crippen LogP contribution in [0.1, 0.15) is 11.1 Å². The minimum absolute atomic E-state index is 0.00777. The predicted molar refractivity (Wildman–Crippen MR) is 85.1 cm³/mol. The van der Waals surface area contributed by atoms with E-state index in [1.165, 1.54) is 48.8 Å². The highest BCUT2D eigenvalue weighted by atomic mass is 19.4. The third kappa shape index (κ3) is 3.52. The number of hydrogen-bond acceptors (Lipinski definition) is 3. The van der Waals surface area contributed by atoms with Crippen LogP contribution in [-0.2, 0) is 12.7 Å². The quantitative estimate of drug-likeness (QED) is 0.792. The lowest BCUT2D eigenvalue weighted by molar-refractivity contribution is -0.138. The maximum atomic E-state index is 13.1. The van der Waals surface area contributed by atoms with Crippen molar-refractivity contribution in [3.8, 4) is 11.1 Å². The molecule has 0 bridgehead atoms. The van der Waals surface area contributed by atoms with Gasteiger partial charge >= 0.3 is 6.18 Å². The standard InChI is InChI=1S/C17H12F3N3O2/c18-17(19,20)14-4-2-1-3-12(14)10-23-8-6-11(9-15(23)24)13-5-7-21-22-16(13)25/h1-9H,10H2,(H,22,25). The number of alkyl halides is 3. The molecule has 0 saturated heterocycles. The van der Waals surface area contributed by atoms with Gasteiger partial charge < -0.3 is 4.57 Å². The van der Waals surface area contributed by atoms with E-state index in [1.807, 2.05) is 0 Å². The highest BCUT2D eigenvalue weighted by Gasteiger charge is 2.32. The van der Waals surface area contributed by atoms with E-state index in [1.54, 1.807) is 0 Å². The Morgan fingerprint density at radius 3 is 2.52 bits per heavy atom. The van der Waals surface area contributed by atoms with E-state index in [2.05, 4.69) is 10.2 Å². The Hall–Kier alpha value is -3.16. The molecule has 8 heteroatoms. The molecule has 2 heterocycles. The second kappa shape index (κ2) is 6.39. The largest absolute Gasteiger partial charge is 0.416 e. The molecule has 3 rings (SSSR count). The van der Waals surface area contributed by atoms with Crippen LogP contribution < -0.4 is 11.1 Å². The van der Waals surface area contributed by atoms with Crippen LogP contribution in [0.25, 0.3) is 11.1 Å². The second-order valence-corrected chi connectivity index (χ2v) is 5.34. The summed E-state index contributed by atoms with van der Waals surface area (Å²) in [5, 5.41) is 5.83. The molecule has 0 fully saturated rings. The molecule has 2 aromatic heterocycles. The molecule has 3 aromatic rings. The van der Waals surface area contributed by atoms with Gasteiger partial charge in [-0.3, -0.25) is 9.59 Å². The Balaban J connectivity index is 1.98. The van der Waals surface area contributed by atoms with Crippen LogP contribution in [0, 0.1) is 0 Å². The lowest BCUT2D eigenvalue weighted by Gasteiger charge is -2.14. The van der Waals surface area contributed by atoms with Crippen LogP contribution in [0.2, 0.25) is 0 Å². The molecule has 0 spiro atoms. The summed E-state index contributed by atoms with van der Waals surface area (Å²) in [6.07, 6.45) is -1.75. The molecule has 0 amide bonds. The van der Waals surface area contributed by atoms with Crippen molar-refractivity contribution in [2.24, 2.45) is 0 Å². The van der Waals surface area contributed by atoms with Crippen molar-refractivity contribution in [2.75, 3.05) is 0 Å². The first-order valence-corrected chi connectivity index (χ1v) is 7.26. The van der Waals surface area contributed by atoms with Crippen molar-refractivity contribution >= 4 is 0 Å². The number of nitrogens with one attached hydrogen (secondary N) is 1. The second-order valence-electron chi connectivity index (χ2n) is 5.34. The fourth-order valence-corrected chi connectivity index (χ4v) is 2.50. The monoisotopic (exact) mass is 347 g/mol. The Kier molecular flexibility index (Phi) is 4.26. The van der Waals surface area contributed by atoms with Gasteiger partial charge in [0.2, 0.25) is 0 Å². The number of nitrogens with zero attached hydrogens (tertiary/aromatic N) is 2. The normalized spacial score (nSPS) is 11.5. The Morgan fingerprint density at radius 2 is 1.84 bits per heavy atom. The topological polar surface area (TPSA) is 67.8 Å². The van der Waals surface area contributed by atoms with Crippen molar-refractivity contribution in [1.29, 1.82) is 0 Å². The smallest absolute Gasteiger partial charge is 0.311 e. The fourth-order valence-electron chi connectivity index (χ4n) is 2.50. The number of aromatic amines is 1. The number of halogens is 3. The summed E-state index contributed by atoms with van der Waals surface area (Å²) < 4.78 is 40.3. The summed E-state index contributed by atoms with van der Waals surface area (Å²) in [6.45, 7) is -0.221. The summed E-state index contributed by atoms with van der Waals surface area (Å²) in [7, 11) is 0. The van der Waals surface area contributed by atoms with Crippen LogP contribution in [0.4, 0.5) is 13.2 Å². The summed E-state index contributed by atoms with van der Waals surface area (Å²) in [5.74, 6) is 0. The first kappa shape index (κ1) is 16.7. The molecular weight excluding hydrogens is 335 g/mol. The molecule has 0 unspecified atom stereocenters. The van der Waals surface area contributed by atoms with Crippen LogP contribution in [0.5, 0.6) is 0 Å². The Morgan fingerprint density at radius 1 is 1.08 bits per heavy atom. The van der Waals surface area contributed by atoms with Gasteiger partial charge in [0.15, 0.2) is 0 Å². The van der Waals surface area contributed by atoms with Gasteiger partial charge in [0.1, 0.15) is 0 Å². The molecule has 1 aromatic carbocycles. The summed E-state index contributed by atoms with van der Waals surface area (Å²) >= 11 is 0. The van der Waals surface area contributed by atoms with E-state index >= 15 is 0 Å². The zero-order chi connectivity index (χ0) is 18.0. The molecule has 0 atom stereocenters. The molecule has 0 aliphatic heterocycles. The number of rotatable bonds is 3. The van der Waals surface area contributed by atoms with Crippen molar-refractivity contribution in [3.05, 3.63) is 86.7 Å². The lowest BCUT2D eigenvalue weighted by atomic mass is 10.1. The van der Waals surface area contributed by atoms with Crippen LogP contribution in [0.15, 0.2) is 64.4 Å². The predicted octanol–water partition coefficient (Wildman–Crippen LogP) is 2.67. The van der Waals surface area contributed by atoms with Gasteiger partial charge in [0.05, 0.1) is 17.7 Å². The minimum atomic E-state index is -4.50. The van der Waals surface area contributed by atoms with Gasteiger partial charge in [-0.15, -0.1) is 0 Å². The molecule has 25 heavy (non-hydrogen) atoms. The van der Waals surface area contributed by atoms with Gasteiger partial charge in [0, 0.05) is 18.5 Å². The zero-order valence-corrected chi connectivity index (χ0v) is 12.7. The van der Waals surface area contributed by atoms with Crippen LogP contribution in [0.3, 0.4) is 0 Å². The van der Waals surface area contributed by atoms with Crippen molar-refractivity contribution in [1.82, 2.24) is 14.8 Å². The van der Waals surface area contributed by atoms with E-state index in [0.717, 1.165) is 10.6 Å². The van der Waals surface area contributed by atoms with Crippen LogP contribution in [-0.4, -0.2) is 14.8 Å². The fraction of sp³-hybridized carbons (Fsp3) is 0.118. The number of aromatic nitrogens is 3. The summed E-state index contributed by atoms with van der Waals surface area (Å²) in [6, 6.07) is 9.26. The Bertz CT molecular complexity index is 1020. The average Bonchev–Trinajstić information content (AvgIpc) is 2.57. The van der Waals surface area contributed by atoms with Gasteiger partial charge in [0.25, 0.3) is 11.1 Å². The number of benzene rings is 1. The van der Waals surface area contributed by atoms with E-state index in [4.69, 9.17) is 0 Å². The molecule has 5 nitrogen and oxygen atoms in total. The van der Waals surface area contributed by atoms with Gasteiger partial charge in [-0.2, -0.15) is 18.3 Å². The molecule has 128 valence electrons. The van der Waals surface area contributed by atoms with Gasteiger partial charge in [-0.25, -0.2) is 5.10 Å². The molecule has 0 aliphatic carbocycles. The molecule has 0 aliphatic rings. The highest BCUT2D eigenvalue weighted by Crippen LogP contribution is 2.32. The average molecular weight is 347 g/mol. The SMILES string of the molecule is O=c1[nH]nccc1-c1ccn(Cc2ccccc2C(F)(F)F)c(=O)c1. The third-order valence-corrected chi connectivity index (χ3v) is 3.70.